The Morgan fingerprint density at radius 3 is 3.00 bits per heavy atom. The number of rotatable bonds is 2. The third-order valence-electron chi connectivity index (χ3n) is 3.56. The zero-order valence-electron chi connectivity index (χ0n) is 11.3. The van der Waals surface area contributed by atoms with Crippen LogP contribution in [0.1, 0.15) is 24.2 Å². The highest BCUT2D eigenvalue weighted by Gasteiger charge is 2.44. The SMILES string of the molecule is CC1(C)COC(=O)C1NC(=O)c1cccn2nccc12. The molecule has 0 aromatic carbocycles. The molecule has 0 saturated carbocycles. The van der Waals surface area contributed by atoms with Gasteiger partial charge in [-0.25, -0.2) is 9.31 Å². The van der Waals surface area contributed by atoms with Crippen molar-refractivity contribution in [3.05, 3.63) is 36.2 Å². The van der Waals surface area contributed by atoms with Crippen molar-refractivity contribution in [2.75, 3.05) is 6.61 Å². The van der Waals surface area contributed by atoms with Crippen molar-refractivity contribution in [3.8, 4) is 0 Å². The Morgan fingerprint density at radius 1 is 1.50 bits per heavy atom. The van der Waals surface area contributed by atoms with E-state index in [1.54, 1.807) is 35.1 Å². The molecule has 1 fully saturated rings. The topological polar surface area (TPSA) is 72.7 Å². The number of nitrogens with zero attached hydrogens (tertiary/aromatic N) is 2. The van der Waals surface area contributed by atoms with Gasteiger partial charge in [-0.15, -0.1) is 0 Å². The Kier molecular flexibility index (Phi) is 2.74. The summed E-state index contributed by atoms with van der Waals surface area (Å²) in [7, 11) is 0. The van der Waals surface area contributed by atoms with E-state index in [2.05, 4.69) is 10.4 Å². The maximum Gasteiger partial charge on any atom is 0.329 e. The second kappa shape index (κ2) is 4.33. The van der Waals surface area contributed by atoms with Crippen LogP contribution in [-0.2, 0) is 9.53 Å². The van der Waals surface area contributed by atoms with E-state index < -0.39 is 11.5 Å². The summed E-state index contributed by atoms with van der Waals surface area (Å²) in [4.78, 5) is 24.1. The molecule has 2 aromatic heterocycles. The third kappa shape index (κ3) is 1.93. The first kappa shape index (κ1) is 12.7. The zero-order chi connectivity index (χ0) is 14.3. The molecule has 6 nitrogen and oxygen atoms in total. The molecular formula is C14H15N3O3. The molecule has 0 spiro atoms. The molecule has 3 heterocycles. The predicted molar refractivity (Wildman–Crippen MR) is 71.2 cm³/mol. The minimum atomic E-state index is -0.627. The van der Waals surface area contributed by atoms with Crippen LogP contribution in [0, 0.1) is 5.41 Å². The Balaban J connectivity index is 1.90. The van der Waals surface area contributed by atoms with Crippen LogP contribution in [0.4, 0.5) is 0 Å². The van der Waals surface area contributed by atoms with E-state index in [9.17, 15) is 9.59 Å². The van der Waals surface area contributed by atoms with Gasteiger partial charge in [-0.2, -0.15) is 5.10 Å². The first-order chi connectivity index (χ1) is 9.49. The lowest BCUT2D eigenvalue weighted by Crippen LogP contribution is -2.46. The standard InChI is InChI=1S/C14H15N3O3/c1-14(2)8-20-13(19)11(14)16-12(18)9-4-3-7-17-10(9)5-6-15-17/h3-7,11H,8H2,1-2H3,(H,16,18). The van der Waals surface area contributed by atoms with Gasteiger partial charge >= 0.3 is 5.97 Å². The molecule has 1 saturated heterocycles. The Morgan fingerprint density at radius 2 is 2.30 bits per heavy atom. The van der Waals surface area contributed by atoms with Crippen molar-refractivity contribution in [2.45, 2.75) is 19.9 Å². The maximum absolute atomic E-state index is 12.4. The first-order valence-electron chi connectivity index (χ1n) is 6.39. The number of carbonyl (C=O) groups excluding carboxylic acids is 2. The number of pyridine rings is 1. The van der Waals surface area contributed by atoms with Crippen molar-refractivity contribution < 1.29 is 14.3 Å². The highest BCUT2D eigenvalue weighted by Crippen LogP contribution is 2.28. The molecule has 0 aliphatic carbocycles. The first-order valence-corrected chi connectivity index (χ1v) is 6.39. The summed E-state index contributed by atoms with van der Waals surface area (Å²) in [5, 5.41) is 6.84. The molecule has 1 unspecified atom stereocenters. The molecule has 0 radical (unpaired) electrons. The highest BCUT2D eigenvalue weighted by atomic mass is 16.5. The van der Waals surface area contributed by atoms with E-state index in [1.807, 2.05) is 13.8 Å². The van der Waals surface area contributed by atoms with Crippen LogP contribution in [0.25, 0.3) is 5.52 Å². The van der Waals surface area contributed by atoms with E-state index in [0.717, 1.165) is 0 Å². The second-order valence-electron chi connectivity index (χ2n) is 5.59. The van der Waals surface area contributed by atoms with E-state index >= 15 is 0 Å². The molecule has 3 rings (SSSR count). The van der Waals surface area contributed by atoms with Crippen LogP contribution in [-0.4, -0.2) is 34.1 Å². The number of amides is 1. The minimum absolute atomic E-state index is 0.298. The molecule has 1 N–H and O–H groups in total. The molecule has 104 valence electrons. The maximum atomic E-state index is 12.4. The predicted octanol–water partition coefficient (Wildman–Crippen LogP) is 1.02. The fourth-order valence-electron chi connectivity index (χ4n) is 2.35. The number of fused-ring (bicyclic) bond motifs is 1. The molecule has 1 amide bonds. The summed E-state index contributed by atoms with van der Waals surface area (Å²) in [6.45, 7) is 4.10. The van der Waals surface area contributed by atoms with Gasteiger partial charge in [-0.05, 0) is 18.2 Å². The lowest BCUT2D eigenvalue weighted by atomic mass is 9.87. The van der Waals surface area contributed by atoms with Crippen molar-refractivity contribution in [1.82, 2.24) is 14.9 Å². The highest BCUT2D eigenvalue weighted by molar-refractivity contribution is 6.02. The van der Waals surface area contributed by atoms with Crippen LogP contribution in [0.3, 0.4) is 0 Å². The van der Waals surface area contributed by atoms with Crippen LogP contribution in [0.2, 0.25) is 0 Å². The minimum Gasteiger partial charge on any atom is -0.463 e. The normalized spacial score (nSPS) is 20.9. The fourth-order valence-corrected chi connectivity index (χ4v) is 2.35. The average molecular weight is 273 g/mol. The smallest absolute Gasteiger partial charge is 0.329 e. The van der Waals surface area contributed by atoms with Gasteiger partial charge in [0.25, 0.3) is 5.91 Å². The van der Waals surface area contributed by atoms with Crippen LogP contribution < -0.4 is 5.32 Å². The van der Waals surface area contributed by atoms with Gasteiger partial charge < -0.3 is 10.1 Å². The third-order valence-corrected chi connectivity index (χ3v) is 3.56. The number of esters is 1. The number of nitrogens with one attached hydrogen (secondary N) is 1. The van der Waals surface area contributed by atoms with Crippen molar-refractivity contribution in [3.63, 3.8) is 0 Å². The Bertz CT molecular complexity index is 690. The van der Waals surface area contributed by atoms with Gasteiger partial charge in [0.1, 0.15) is 6.04 Å². The fraction of sp³-hybridized carbons (Fsp3) is 0.357. The summed E-state index contributed by atoms with van der Waals surface area (Å²) in [6.07, 6.45) is 3.39. The van der Waals surface area contributed by atoms with E-state index in [-0.39, 0.29) is 11.9 Å². The van der Waals surface area contributed by atoms with E-state index in [4.69, 9.17) is 4.74 Å². The van der Waals surface area contributed by atoms with Crippen LogP contribution >= 0.6 is 0 Å². The average Bonchev–Trinajstić information content (AvgIpc) is 2.98. The summed E-state index contributed by atoms with van der Waals surface area (Å²) >= 11 is 0. The molecule has 1 atom stereocenters. The molecule has 0 bridgehead atoms. The van der Waals surface area contributed by atoms with Gasteiger partial charge in [0.2, 0.25) is 0 Å². The van der Waals surface area contributed by atoms with Gasteiger partial charge in [-0.3, -0.25) is 4.79 Å². The monoisotopic (exact) mass is 273 g/mol. The van der Waals surface area contributed by atoms with Gasteiger partial charge in [0.05, 0.1) is 23.9 Å². The van der Waals surface area contributed by atoms with Crippen molar-refractivity contribution in [1.29, 1.82) is 0 Å². The number of aromatic nitrogens is 2. The molecule has 1 aliphatic heterocycles. The number of carbonyl (C=O) groups is 2. The second-order valence-corrected chi connectivity index (χ2v) is 5.59. The van der Waals surface area contributed by atoms with E-state index in [1.165, 1.54) is 0 Å². The molecular weight excluding hydrogens is 258 g/mol. The lowest BCUT2D eigenvalue weighted by Gasteiger charge is -2.22. The largest absolute Gasteiger partial charge is 0.463 e. The summed E-state index contributed by atoms with van der Waals surface area (Å²) < 4.78 is 6.64. The molecule has 1 aliphatic rings. The van der Waals surface area contributed by atoms with Gasteiger partial charge in [-0.1, -0.05) is 13.8 Å². The van der Waals surface area contributed by atoms with Crippen LogP contribution in [0.5, 0.6) is 0 Å². The number of hydrogen-bond donors (Lipinski definition) is 1. The number of cyclic esters (lactones) is 1. The lowest BCUT2D eigenvalue weighted by molar-refractivity contribution is -0.139. The summed E-state index contributed by atoms with van der Waals surface area (Å²) in [5.41, 5.74) is 0.785. The van der Waals surface area contributed by atoms with Gasteiger partial charge in [0.15, 0.2) is 0 Å². The molecule has 20 heavy (non-hydrogen) atoms. The quantitative estimate of drug-likeness (QED) is 0.829. The van der Waals surface area contributed by atoms with E-state index in [0.29, 0.717) is 17.7 Å². The summed E-state index contributed by atoms with van der Waals surface area (Å²) in [6, 6.07) is 4.58. The van der Waals surface area contributed by atoms with Gasteiger partial charge in [0, 0.05) is 11.6 Å². The molecule has 2 aromatic rings. The van der Waals surface area contributed by atoms with Crippen LogP contribution in [0.15, 0.2) is 30.6 Å². The number of ether oxygens (including phenoxy) is 1. The molecule has 6 heteroatoms. The number of hydrogen-bond acceptors (Lipinski definition) is 4. The summed E-state index contributed by atoms with van der Waals surface area (Å²) in [5.74, 6) is -0.683. The Hall–Kier alpha value is -2.37. The van der Waals surface area contributed by atoms with Crippen molar-refractivity contribution >= 4 is 17.4 Å². The Labute approximate surface area is 115 Å². The van der Waals surface area contributed by atoms with Crippen molar-refractivity contribution in [2.24, 2.45) is 5.41 Å². The zero-order valence-corrected chi connectivity index (χ0v) is 11.3.